The molecule has 0 aliphatic carbocycles. The molecule has 0 saturated heterocycles. The molecule has 28 heavy (non-hydrogen) atoms. The maximum absolute atomic E-state index is 13.0. The zero-order valence-corrected chi connectivity index (χ0v) is 15.7. The van der Waals surface area contributed by atoms with Crippen LogP contribution >= 0.6 is 0 Å². The third kappa shape index (κ3) is 5.04. The molecule has 1 atom stereocenters. The zero-order valence-electron chi connectivity index (χ0n) is 15.7. The second-order valence-corrected chi connectivity index (χ2v) is 6.56. The first-order valence-electron chi connectivity index (χ1n) is 9.22. The van der Waals surface area contributed by atoms with Crippen LogP contribution in [0.3, 0.4) is 0 Å². The number of nitrogens with zero attached hydrogens (tertiary/aromatic N) is 1. The summed E-state index contributed by atoms with van der Waals surface area (Å²) in [5.74, 6) is -0.922. The van der Waals surface area contributed by atoms with Gasteiger partial charge in [-0.2, -0.15) is 0 Å². The summed E-state index contributed by atoms with van der Waals surface area (Å²) in [6.07, 6.45) is 3.38. The molecular formula is C23H23N3O2. The van der Waals surface area contributed by atoms with Crippen molar-refractivity contribution in [2.24, 2.45) is 0 Å². The number of benzene rings is 2. The standard InChI is InChI=1S/C23H23N3O2/c1-17(22(27)25-16-18-9-8-14-24-15-18)26-23(28)21(19-10-4-2-5-11-19)20-12-6-3-7-13-20/h2-15,17,21H,16H2,1H3,(H,25,27)(H,26,28)/t17-/m0/s1. The van der Waals surface area contributed by atoms with Gasteiger partial charge in [0.05, 0.1) is 5.92 Å². The fourth-order valence-corrected chi connectivity index (χ4v) is 2.99. The molecule has 0 spiro atoms. The first-order valence-corrected chi connectivity index (χ1v) is 9.22. The van der Waals surface area contributed by atoms with Gasteiger partial charge < -0.3 is 10.6 Å². The molecule has 3 rings (SSSR count). The van der Waals surface area contributed by atoms with Crippen molar-refractivity contribution in [3.05, 3.63) is 102 Å². The molecule has 0 aliphatic rings. The minimum atomic E-state index is -0.654. The van der Waals surface area contributed by atoms with Crippen LogP contribution in [0.15, 0.2) is 85.2 Å². The Bertz CT molecular complexity index is 859. The van der Waals surface area contributed by atoms with Gasteiger partial charge in [0.25, 0.3) is 0 Å². The van der Waals surface area contributed by atoms with Crippen molar-refractivity contribution in [3.8, 4) is 0 Å². The Hall–Kier alpha value is -3.47. The fraction of sp³-hybridized carbons (Fsp3) is 0.174. The van der Waals surface area contributed by atoms with Crippen molar-refractivity contribution >= 4 is 11.8 Å². The minimum Gasteiger partial charge on any atom is -0.350 e. The van der Waals surface area contributed by atoms with Crippen LogP contribution in [0.25, 0.3) is 0 Å². The highest BCUT2D eigenvalue weighted by atomic mass is 16.2. The average Bonchev–Trinajstić information content (AvgIpc) is 2.74. The van der Waals surface area contributed by atoms with Crippen LogP contribution in [0.4, 0.5) is 0 Å². The van der Waals surface area contributed by atoms with Gasteiger partial charge in [-0.25, -0.2) is 0 Å². The van der Waals surface area contributed by atoms with Crippen molar-refractivity contribution in [1.82, 2.24) is 15.6 Å². The van der Waals surface area contributed by atoms with E-state index in [1.54, 1.807) is 19.3 Å². The van der Waals surface area contributed by atoms with Gasteiger partial charge in [0.15, 0.2) is 0 Å². The Kier molecular flexibility index (Phi) is 6.52. The minimum absolute atomic E-state index is 0.207. The SMILES string of the molecule is C[C@H](NC(=O)C(c1ccccc1)c1ccccc1)C(=O)NCc1cccnc1. The molecule has 2 N–H and O–H groups in total. The lowest BCUT2D eigenvalue weighted by Gasteiger charge is -2.21. The molecule has 1 aromatic heterocycles. The molecule has 0 saturated carbocycles. The maximum Gasteiger partial charge on any atom is 0.242 e. The number of amides is 2. The summed E-state index contributed by atoms with van der Waals surface area (Å²) in [5.41, 5.74) is 2.67. The molecule has 0 radical (unpaired) electrons. The lowest BCUT2D eigenvalue weighted by molar-refractivity contribution is -0.129. The molecule has 0 aliphatic heterocycles. The number of nitrogens with one attached hydrogen (secondary N) is 2. The quantitative estimate of drug-likeness (QED) is 0.669. The highest BCUT2D eigenvalue weighted by Gasteiger charge is 2.25. The number of carbonyl (C=O) groups is 2. The van der Waals surface area contributed by atoms with E-state index in [1.165, 1.54) is 0 Å². The predicted molar refractivity (Wildman–Crippen MR) is 108 cm³/mol. The molecule has 0 fully saturated rings. The van der Waals surface area contributed by atoms with E-state index in [2.05, 4.69) is 15.6 Å². The highest BCUT2D eigenvalue weighted by Crippen LogP contribution is 2.24. The number of rotatable bonds is 7. The largest absolute Gasteiger partial charge is 0.350 e. The molecule has 1 heterocycles. The molecule has 2 aromatic carbocycles. The molecule has 0 unspecified atom stereocenters. The van der Waals surface area contributed by atoms with Crippen molar-refractivity contribution in [2.75, 3.05) is 0 Å². The van der Waals surface area contributed by atoms with Crippen molar-refractivity contribution in [2.45, 2.75) is 25.4 Å². The summed E-state index contributed by atoms with van der Waals surface area (Å²) in [5, 5.41) is 5.68. The van der Waals surface area contributed by atoms with Gasteiger partial charge in [-0.05, 0) is 29.7 Å². The second-order valence-electron chi connectivity index (χ2n) is 6.56. The lowest BCUT2D eigenvalue weighted by Crippen LogP contribution is -2.46. The molecular weight excluding hydrogens is 350 g/mol. The van der Waals surface area contributed by atoms with Crippen molar-refractivity contribution < 1.29 is 9.59 Å². The van der Waals surface area contributed by atoms with Gasteiger partial charge in [0, 0.05) is 18.9 Å². The van der Waals surface area contributed by atoms with Gasteiger partial charge in [0.1, 0.15) is 6.04 Å². The van der Waals surface area contributed by atoms with Crippen LogP contribution in [0.1, 0.15) is 29.5 Å². The monoisotopic (exact) mass is 373 g/mol. The summed E-state index contributed by atoms with van der Waals surface area (Å²) >= 11 is 0. The summed E-state index contributed by atoms with van der Waals surface area (Å²) in [6, 6.07) is 22.2. The van der Waals surface area contributed by atoms with Gasteiger partial charge in [-0.15, -0.1) is 0 Å². The first kappa shape index (κ1) is 19.3. The van der Waals surface area contributed by atoms with E-state index in [-0.39, 0.29) is 11.8 Å². The van der Waals surface area contributed by atoms with E-state index < -0.39 is 12.0 Å². The average molecular weight is 373 g/mol. The van der Waals surface area contributed by atoms with Crippen LogP contribution in [0, 0.1) is 0 Å². The van der Waals surface area contributed by atoms with E-state index in [9.17, 15) is 9.59 Å². The summed E-state index contributed by atoms with van der Waals surface area (Å²) in [4.78, 5) is 29.5. The summed E-state index contributed by atoms with van der Waals surface area (Å²) in [6.45, 7) is 2.05. The van der Waals surface area contributed by atoms with E-state index in [0.717, 1.165) is 16.7 Å². The molecule has 142 valence electrons. The van der Waals surface area contributed by atoms with Crippen molar-refractivity contribution in [1.29, 1.82) is 0 Å². The second kappa shape index (κ2) is 9.46. The highest BCUT2D eigenvalue weighted by molar-refractivity contribution is 5.92. The van der Waals surface area contributed by atoms with E-state index in [0.29, 0.717) is 6.54 Å². The fourth-order valence-electron chi connectivity index (χ4n) is 2.99. The van der Waals surface area contributed by atoms with Crippen LogP contribution < -0.4 is 10.6 Å². The number of hydrogen-bond acceptors (Lipinski definition) is 3. The third-order valence-corrected chi connectivity index (χ3v) is 4.47. The van der Waals surface area contributed by atoms with E-state index in [4.69, 9.17) is 0 Å². The van der Waals surface area contributed by atoms with Gasteiger partial charge in [0.2, 0.25) is 11.8 Å². The zero-order chi connectivity index (χ0) is 19.8. The number of pyridine rings is 1. The Balaban J connectivity index is 1.68. The molecule has 3 aromatic rings. The summed E-state index contributed by atoms with van der Waals surface area (Å²) in [7, 11) is 0. The Labute approximate surface area is 164 Å². The number of carbonyl (C=O) groups excluding carboxylic acids is 2. The smallest absolute Gasteiger partial charge is 0.242 e. The molecule has 5 nitrogen and oxygen atoms in total. The predicted octanol–water partition coefficient (Wildman–Crippen LogP) is 3.03. The van der Waals surface area contributed by atoms with E-state index in [1.807, 2.05) is 72.8 Å². The van der Waals surface area contributed by atoms with E-state index >= 15 is 0 Å². The third-order valence-electron chi connectivity index (χ3n) is 4.47. The van der Waals surface area contributed by atoms with Crippen LogP contribution in [0.2, 0.25) is 0 Å². The molecule has 5 heteroatoms. The topological polar surface area (TPSA) is 71.1 Å². The lowest BCUT2D eigenvalue weighted by atomic mass is 9.90. The van der Waals surface area contributed by atoms with Gasteiger partial charge in [-0.3, -0.25) is 14.6 Å². The number of aromatic nitrogens is 1. The first-order chi connectivity index (χ1) is 13.6. The van der Waals surface area contributed by atoms with Gasteiger partial charge in [-0.1, -0.05) is 66.7 Å². The number of hydrogen-bond donors (Lipinski definition) is 2. The Morgan fingerprint density at radius 2 is 1.46 bits per heavy atom. The maximum atomic E-state index is 13.0. The van der Waals surface area contributed by atoms with Crippen molar-refractivity contribution in [3.63, 3.8) is 0 Å². The van der Waals surface area contributed by atoms with Crippen LogP contribution in [0.5, 0.6) is 0 Å². The van der Waals surface area contributed by atoms with Crippen LogP contribution in [-0.2, 0) is 16.1 Å². The summed E-state index contributed by atoms with van der Waals surface area (Å²) < 4.78 is 0. The van der Waals surface area contributed by atoms with Gasteiger partial charge >= 0.3 is 0 Å². The van der Waals surface area contributed by atoms with Crippen LogP contribution in [-0.4, -0.2) is 22.8 Å². The Morgan fingerprint density at radius 3 is 2.00 bits per heavy atom. The molecule has 2 amide bonds. The normalized spacial score (nSPS) is 11.6. The Morgan fingerprint density at radius 1 is 0.857 bits per heavy atom. The molecule has 0 bridgehead atoms.